The summed E-state index contributed by atoms with van der Waals surface area (Å²) in [6.07, 6.45) is 0. The molecule has 2 amide bonds. The number of urea groups is 1. The van der Waals surface area contributed by atoms with E-state index in [-0.39, 0.29) is 17.6 Å². The number of aromatic carboxylic acids is 1. The third kappa shape index (κ3) is 3.15. The molecule has 1 saturated heterocycles. The molecule has 1 fully saturated rings. The van der Waals surface area contributed by atoms with Crippen LogP contribution in [-0.4, -0.2) is 52.6 Å². The number of para-hydroxylation sites is 1. The minimum Gasteiger partial charge on any atom is -0.478 e. The summed E-state index contributed by atoms with van der Waals surface area (Å²) in [5.74, 6) is -0.119. The number of amides is 2. The highest BCUT2D eigenvalue weighted by atomic mass is 32.2. The van der Waals surface area contributed by atoms with Gasteiger partial charge in [0.1, 0.15) is 0 Å². The molecule has 1 heterocycles. The summed E-state index contributed by atoms with van der Waals surface area (Å²) in [6.45, 7) is 4.83. The Kier molecular flexibility index (Phi) is 4.77. The lowest BCUT2D eigenvalue weighted by molar-refractivity contribution is 0.0697. The number of rotatable bonds is 2. The quantitative estimate of drug-likeness (QED) is 0.912. The van der Waals surface area contributed by atoms with Gasteiger partial charge in [0.2, 0.25) is 0 Å². The number of carboxylic acid groups (broad SMARTS) is 1. The molecule has 0 saturated carbocycles. The molecule has 0 spiro atoms. The molecule has 1 aromatic carbocycles. The third-order valence-corrected chi connectivity index (χ3v) is 5.25. The molecule has 2 rings (SSSR count). The Balaban J connectivity index is 2.25. The van der Waals surface area contributed by atoms with E-state index in [2.05, 4.69) is 6.92 Å². The van der Waals surface area contributed by atoms with E-state index in [9.17, 15) is 14.7 Å². The molecule has 0 radical (unpaired) electrons. The van der Waals surface area contributed by atoms with Crippen molar-refractivity contribution in [1.82, 2.24) is 4.90 Å². The summed E-state index contributed by atoms with van der Waals surface area (Å²) in [5.41, 5.74) is 0.563. The Bertz CT molecular complexity index is 549. The third-order valence-electron chi connectivity index (χ3n) is 3.91. The standard InChI is InChI=1S/C15H20N2O3S/c1-10-11(2)21-9-8-17(10)15(20)16(3)13-7-5-4-6-12(13)14(18)19/h4-7,10-11H,8-9H2,1-3H3,(H,18,19). The lowest BCUT2D eigenvalue weighted by Gasteiger charge is -2.39. The summed E-state index contributed by atoms with van der Waals surface area (Å²) in [6, 6.07) is 6.56. The van der Waals surface area contributed by atoms with Crippen LogP contribution in [0.25, 0.3) is 0 Å². The first-order chi connectivity index (χ1) is 9.93. The second-order valence-corrected chi connectivity index (χ2v) is 6.66. The molecule has 2 atom stereocenters. The van der Waals surface area contributed by atoms with Gasteiger partial charge in [0.25, 0.3) is 0 Å². The normalized spacial score (nSPS) is 22.0. The molecule has 21 heavy (non-hydrogen) atoms. The zero-order valence-electron chi connectivity index (χ0n) is 12.4. The second-order valence-electron chi connectivity index (χ2n) is 5.17. The zero-order chi connectivity index (χ0) is 15.6. The van der Waals surface area contributed by atoms with Gasteiger partial charge in [0.05, 0.1) is 11.3 Å². The molecule has 0 bridgehead atoms. The maximum atomic E-state index is 12.7. The Morgan fingerprint density at radius 1 is 1.33 bits per heavy atom. The van der Waals surface area contributed by atoms with Crippen molar-refractivity contribution in [2.24, 2.45) is 0 Å². The zero-order valence-corrected chi connectivity index (χ0v) is 13.3. The van der Waals surface area contributed by atoms with Gasteiger partial charge in [0, 0.05) is 30.6 Å². The van der Waals surface area contributed by atoms with Gasteiger partial charge in [-0.05, 0) is 19.1 Å². The van der Waals surface area contributed by atoms with Crippen LogP contribution in [0.2, 0.25) is 0 Å². The van der Waals surface area contributed by atoms with E-state index >= 15 is 0 Å². The summed E-state index contributed by atoms with van der Waals surface area (Å²) < 4.78 is 0. The van der Waals surface area contributed by atoms with Crippen LogP contribution in [-0.2, 0) is 0 Å². The molecular formula is C15H20N2O3S. The number of hydrogen-bond donors (Lipinski definition) is 1. The number of anilines is 1. The minimum absolute atomic E-state index is 0.135. The molecule has 1 aliphatic rings. The van der Waals surface area contributed by atoms with E-state index in [0.29, 0.717) is 17.5 Å². The lowest BCUT2D eigenvalue weighted by Crippen LogP contribution is -2.52. The molecule has 6 heteroatoms. The number of nitrogens with zero attached hydrogens (tertiary/aromatic N) is 2. The predicted molar refractivity (Wildman–Crippen MR) is 85.3 cm³/mol. The molecular weight excluding hydrogens is 288 g/mol. The number of carbonyl (C=O) groups is 2. The maximum Gasteiger partial charge on any atom is 0.337 e. The van der Waals surface area contributed by atoms with Gasteiger partial charge in [-0.3, -0.25) is 4.90 Å². The van der Waals surface area contributed by atoms with Crippen molar-refractivity contribution in [2.75, 3.05) is 24.2 Å². The topological polar surface area (TPSA) is 60.9 Å². The summed E-state index contributed by atoms with van der Waals surface area (Å²) >= 11 is 1.86. The monoisotopic (exact) mass is 308 g/mol. The van der Waals surface area contributed by atoms with Crippen molar-refractivity contribution in [2.45, 2.75) is 25.1 Å². The Labute approximate surface area is 128 Å². The first-order valence-electron chi connectivity index (χ1n) is 6.91. The largest absolute Gasteiger partial charge is 0.478 e. The molecule has 114 valence electrons. The van der Waals surface area contributed by atoms with E-state index in [1.54, 1.807) is 25.2 Å². The summed E-state index contributed by atoms with van der Waals surface area (Å²) in [4.78, 5) is 27.2. The molecule has 2 unspecified atom stereocenters. The fourth-order valence-corrected chi connectivity index (χ4v) is 3.55. The molecule has 1 aromatic rings. The minimum atomic E-state index is -1.03. The van der Waals surface area contributed by atoms with E-state index in [1.165, 1.54) is 11.0 Å². The average molecular weight is 308 g/mol. The SMILES string of the molecule is CC1SCCN(C(=O)N(C)c2ccccc2C(=O)O)C1C. The fraction of sp³-hybridized carbons (Fsp3) is 0.467. The average Bonchev–Trinajstić information content (AvgIpc) is 2.48. The first-order valence-corrected chi connectivity index (χ1v) is 7.96. The van der Waals surface area contributed by atoms with Crippen LogP contribution in [0, 0.1) is 0 Å². The van der Waals surface area contributed by atoms with Crippen molar-refractivity contribution in [3.8, 4) is 0 Å². The number of carboxylic acids is 1. The van der Waals surface area contributed by atoms with Gasteiger partial charge >= 0.3 is 12.0 Å². The maximum absolute atomic E-state index is 12.7. The van der Waals surface area contributed by atoms with Crippen molar-refractivity contribution in [3.63, 3.8) is 0 Å². The summed E-state index contributed by atoms with van der Waals surface area (Å²) in [7, 11) is 1.63. The van der Waals surface area contributed by atoms with E-state index in [4.69, 9.17) is 0 Å². The highest BCUT2D eigenvalue weighted by molar-refractivity contribution is 8.00. The van der Waals surface area contributed by atoms with Gasteiger partial charge in [-0.1, -0.05) is 19.1 Å². The number of thioether (sulfide) groups is 1. The van der Waals surface area contributed by atoms with Crippen molar-refractivity contribution in [1.29, 1.82) is 0 Å². The lowest BCUT2D eigenvalue weighted by atomic mass is 10.1. The predicted octanol–water partition coefficient (Wildman–Crippen LogP) is 2.77. The van der Waals surface area contributed by atoms with Gasteiger partial charge in [-0.15, -0.1) is 0 Å². The van der Waals surface area contributed by atoms with Crippen LogP contribution in [0.15, 0.2) is 24.3 Å². The van der Waals surface area contributed by atoms with Gasteiger partial charge in [-0.2, -0.15) is 11.8 Å². The van der Waals surface area contributed by atoms with E-state index < -0.39 is 5.97 Å². The van der Waals surface area contributed by atoms with Crippen LogP contribution < -0.4 is 4.90 Å². The molecule has 1 N–H and O–H groups in total. The highest BCUT2D eigenvalue weighted by Gasteiger charge is 2.31. The molecule has 0 aromatic heterocycles. The molecule has 0 aliphatic carbocycles. The van der Waals surface area contributed by atoms with Crippen LogP contribution >= 0.6 is 11.8 Å². The molecule has 5 nitrogen and oxygen atoms in total. The van der Waals surface area contributed by atoms with Crippen LogP contribution in [0.1, 0.15) is 24.2 Å². The van der Waals surface area contributed by atoms with Crippen LogP contribution in [0.3, 0.4) is 0 Å². The van der Waals surface area contributed by atoms with E-state index in [0.717, 1.165) is 5.75 Å². The van der Waals surface area contributed by atoms with Crippen LogP contribution in [0.4, 0.5) is 10.5 Å². The van der Waals surface area contributed by atoms with Gasteiger partial charge < -0.3 is 10.0 Å². The van der Waals surface area contributed by atoms with E-state index in [1.807, 2.05) is 23.6 Å². The number of hydrogen-bond acceptors (Lipinski definition) is 3. The Hall–Kier alpha value is -1.69. The fourth-order valence-electron chi connectivity index (χ4n) is 2.45. The van der Waals surface area contributed by atoms with Gasteiger partial charge in [0.15, 0.2) is 0 Å². The van der Waals surface area contributed by atoms with Crippen molar-refractivity contribution < 1.29 is 14.7 Å². The second kappa shape index (κ2) is 6.39. The first kappa shape index (κ1) is 15.7. The molecule has 1 aliphatic heterocycles. The van der Waals surface area contributed by atoms with Crippen molar-refractivity contribution in [3.05, 3.63) is 29.8 Å². The number of carbonyl (C=O) groups excluding carboxylic acids is 1. The highest BCUT2D eigenvalue weighted by Crippen LogP contribution is 2.27. The smallest absolute Gasteiger partial charge is 0.337 e. The summed E-state index contributed by atoms with van der Waals surface area (Å²) in [5, 5.41) is 9.63. The van der Waals surface area contributed by atoms with Crippen LogP contribution in [0.5, 0.6) is 0 Å². The van der Waals surface area contributed by atoms with Crippen molar-refractivity contribution >= 4 is 29.4 Å². The number of benzene rings is 1. The Morgan fingerprint density at radius 3 is 2.67 bits per heavy atom. The van der Waals surface area contributed by atoms with Gasteiger partial charge in [-0.25, -0.2) is 9.59 Å². The Morgan fingerprint density at radius 2 is 2.00 bits per heavy atom.